The first-order valence-corrected chi connectivity index (χ1v) is 9.39. The van der Waals surface area contributed by atoms with Crippen molar-refractivity contribution in [3.63, 3.8) is 0 Å². The average Bonchev–Trinajstić information content (AvgIpc) is 2.75. The number of ether oxygens (including phenoxy) is 2. The Labute approximate surface area is 168 Å². The van der Waals surface area contributed by atoms with Crippen LogP contribution in [0.25, 0.3) is 11.3 Å². The lowest BCUT2D eigenvalue weighted by atomic mass is 10.0. The Morgan fingerprint density at radius 1 is 1.07 bits per heavy atom. The zero-order valence-corrected chi connectivity index (χ0v) is 16.5. The van der Waals surface area contributed by atoms with Crippen LogP contribution in [0.3, 0.4) is 0 Å². The molecule has 0 bridgehead atoms. The minimum Gasteiger partial charge on any atom is -0.486 e. The Balaban J connectivity index is 0.00000117. The molecule has 0 fully saturated rings. The Hall–Kier alpha value is -3.48. The lowest BCUT2D eigenvalue weighted by Gasteiger charge is -2.20. The van der Waals surface area contributed by atoms with E-state index < -0.39 is 11.7 Å². The Morgan fingerprint density at radius 2 is 1.79 bits per heavy atom. The van der Waals surface area contributed by atoms with Crippen LogP contribution in [0.2, 0.25) is 0 Å². The van der Waals surface area contributed by atoms with Gasteiger partial charge in [0.05, 0.1) is 29.3 Å². The molecule has 0 atom stereocenters. The molecule has 0 unspecified atom stereocenters. The van der Waals surface area contributed by atoms with Gasteiger partial charge in [-0.25, -0.2) is 4.39 Å². The van der Waals surface area contributed by atoms with Crippen LogP contribution >= 0.6 is 0 Å². The van der Waals surface area contributed by atoms with Crippen molar-refractivity contribution in [2.24, 2.45) is 0 Å². The number of hydrogen-bond donors (Lipinski definition) is 1. The van der Waals surface area contributed by atoms with Crippen molar-refractivity contribution in [3.8, 4) is 22.8 Å². The number of nitrogens with one attached hydrogen (secondary N) is 1. The Bertz CT molecular complexity index is 1010. The highest BCUT2D eigenvalue weighted by molar-refractivity contribution is 6.04. The predicted octanol–water partition coefficient (Wildman–Crippen LogP) is 4.64. The van der Waals surface area contributed by atoms with Gasteiger partial charge in [0.1, 0.15) is 13.2 Å². The zero-order valence-electron chi connectivity index (χ0n) is 16.5. The minimum absolute atomic E-state index is 0.0724. The number of anilines is 1. The van der Waals surface area contributed by atoms with Gasteiger partial charge in [0.2, 0.25) is 0 Å². The summed E-state index contributed by atoms with van der Waals surface area (Å²) in [6.45, 7) is 7.02. The second-order valence-corrected chi connectivity index (χ2v) is 6.05. The van der Waals surface area contributed by atoms with E-state index in [-0.39, 0.29) is 5.56 Å². The number of benzene rings is 1. The number of aromatic nitrogens is 2. The summed E-state index contributed by atoms with van der Waals surface area (Å²) in [6.07, 6.45) is 3.90. The molecule has 1 N–H and O–H groups in total. The van der Waals surface area contributed by atoms with Crippen LogP contribution in [-0.4, -0.2) is 29.1 Å². The summed E-state index contributed by atoms with van der Waals surface area (Å²) in [7, 11) is 0. The van der Waals surface area contributed by atoms with Crippen LogP contribution in [0, 0.1) is 12.7 Å². The number of halogens is 1. The van der Waals surface area contributed by atoms with E-state index in [9.17, 15) is 9.18 Å². The van der Waals surface area contributed by atoms with Gasteiger partial charge in [0.25, 0.3) is 5.91 Å². The second-order valence-electron chi connectivity index (χ2n) is 6.05. The lowest BCUT2D eigenvalue weighted by Crippen LogP contribution is -2.15. The summed E-state index contributed by atoms with van der Waals surface area (Å²) in [6, 6.07) is 8.65. The number of amides is 1. The molecule has 1 aliphatic rings. The van der Waals surface area contributed by atoms with Gasteiger partial charge >= 0.3 is 0 Å². The molecule has 0 saturated heterocycles. The van der Waals surface area contributed by atoms with Crippen LogP contribution < -0.4 is 14.8 Å². The van der Waals surface area contributed by atoms with E-state index in [1.807, 2.05) is 32.9 Å². The third-order valence-corrected chi connectivity index (χ3v) is 4.20. The molecule has 150 valence electrons. The van der Waals surface area contributed by atoms with Crippen molar-refractivity contribution < 1.29 is 18.7 Å². The van der Waals surface area contributed by atoms with Gasteiger partial charge in [-0.05, 0) is 42.8 Å². The van der Waals surface area contributed by atoms with Crippen LogP contribution in [0.5, 0.6) is 11.5 Å². The number of nitrogens with zero attached hydrogens (tertiary/aromatic N) is 2. The number of hydrogen-bond acceptors (Lipinski definition) is 5. The highest BCUT2D eigenvalue weighted by Crippen LogP contribution is 2.36. The molecule has 7 heteroatoms. The molecule has 1 aromatic carbocycles. The monoisotopic (exact) mass is 395 g/mol. The summed E-state index contributed by atoms with van der Waals surface area (Å²) in [4.78, 5) is 20.2. The van der Waals surface area contributed by atoms with Gasteiger partial charge in [-0.1, -0.05) is 13.8 Å². The predicted molar refractivity (Wildman–Crippen MR) is 109 cm³/mol. The van der Waals surface area contributed by atoms with Crippen molar-refractivity contribution in [2.45, 2.75) is 20.8 Å². The molecule has 0 saturated carbocycles. The van der Waals surface area contributed by atoms with Crippen LogP contribution in [-0.2, 0) is 0 Å². The molecule has 1 amide bonds. The Kier molecular flexibility index (Phi) is 6.39. The highest BCUT2D eigenvalue weighted by Gasteiger charge is 2.16. The number of pyridine rings is 2. The van der Waals surface area contributed by atoms with Crippen molar-refractivity contribution in [1.82, 2.24) is 9.97 Å². The average molecular weight is 395 g/mol. The fourth-order valence-electron chi connectivity index (χ4n) is 2.85. The summed E-state index contributed by atoms with van der Waals surface area (Å²) >= 11 is 0. The summed E-state index contributed by atoms with van der Waals surface area (Å²) < 4.78 is 24.9. The first kappa shape index (κ1) is 20.3. The van der Waals surface area contributed by atoms with Crippen molar-refractivity contribution in [1.29, 1.82) is 0 Å². The molecular weight excluding hydrogens is 373 g/mol. The molecule has 2 aromatic heterocycles. The summed E-state index contributed by atoms with van der Waals surface area (Å²) in [5, 5.41) is 2.63. The molecule has 6 nitrogen and oxygen atoms in total. The van der Waals surface area contributed by atoms with E-state index >= 15 is 0 Å². The number of rotatable bonds is 3. The third kappa shape index (κ3) is 4.51. The molecule has 0 aliphatic carbocycles. The molecule has 3 heterocycles. The van der Waals surface area contributed by atoms with E-state index in [0.29, 0.717) is 24.7 Å². The van der Waals surface area contributed by atoms with E-state index in [0.717, 1.165) is 28.8 Å². The third-order valence-electron chi connectivity index (χ3n) is 4.20. The lowest BCUT2D eigenvalue weighted by molar-refractivity contribution is 0.102. The van der Waals surface area contributed by atoms with Gasteiger partial charge in [-0.15, -0.1) is 0 Å². The van der Waals surface area contributed by atoms with Gasteiger partial charge in [-0.3, -0.25) is 14.8 Å². The quantitative estimate of drug-likeness (QED) is 0.699. The van der Waals surface area contributed by atoms with Crippen LogP contribution in [0.4, 0.5) is 10.1 Å². The maximum absolute atomic E-state index is 13.6. The van der Waals surface area contributed by atoms with Gasteiger partial charge in [-0.2, -0.15) is 0 Å². The number of fused-ring (bicyclic) bond motifs is 1. The van der Waals surface area contributed by atoms with Gasteiger partial charge < -0.3 is 14.8 Å². The molecule has 4 rings (SSSR count). The summed E-state index contributed by atoms with van der Waals surface area (Å²) in [5.41, 5.74) is 3.05. The number of carbonyl (C=O) groups is 1. The first-order valence-electron chi connectivity index (χ1n) is 9.39. The highest BCUT2D eigenvalue weighted by atomic mass is 19.1. The first-order chi connectivity index (χ1) is 14.1. The molecule has 0 spiro atoms. The fourth-order valence-corrected chi connectivity index (χ4v) is 2.85. The number of aryl methyl sites for hydroxylation is 1. The topological polar surface area (TPSA) is 73.3 Å². The van der Waals surface area contributed by atoms with E-state index in [1.165, 1.54) is 18.5 Å². The second kappa shape index (κ2) is 9.14. The Morgan fingerprint density at radius 3 is 2.45 bits per heavy atom. The van der Waals surface area contributed by atoms with E-state index in [2.05, 4.69) is 15.3 Å². The van der Waals surface area contributed by atoms with Crippen LogP contribution in [0.1, 0.15) is 29.8 Å². The summed E-state index contributed by atoms with van der Waals surface area (Å²) in [5.74, 6) is 0.186. The number of carbonyl (C=O) groups excluding carboxylic acids is 1. The van der Waals surface area contributed by atoms with Crippen molar-refractivity contribution in [2.75, 3.05) is 18.5 Å². The van der Waals surface area contributed by atoms with Gasteiger partial charge in [0, 0.05) is 11.8 Å². The van der Waals surface area contributed by atoms with Gasteiger partial charge in [0.15, 0.2) is 17.3 Å². The molecule has 0 radical (unpaired) electrons. The minimum atomic E-state index is -0.675. The standard InChI is InChI=1S/C20H16FN3O3.C2H6/c1-12-8-18-19(27-7-6-26-18)9-15(12)17-3-2-13(10-23-17)24-20(25)14-4-5-22-11-16(14)21;1-2/h2-5,8-11H,6-7H2,1H3,(H,24,25);1-2H3. The van der Waals surface area contributed by atoms with E-state index in [1.54, 1.807) is 12.1 Å². The molecule has 1 aliphatic heterocycles. The fraction of sp³-hybridized carbons (Fsp3) is 0.227. The normalized spacial score (nSPS) is 11.9. The molecule has 3 aromatic rings. The molecule has 29 heavy (non-hydrogen) atoms. The van der Waals surface area contributed by atoms with Crippen molar-refractivity contribution >= 4 is 11.6 Å². The smallest absolute Gasteiger partial charge is 0.258 e. The maximum atomic E-state index is 13.6. The molecular formula is C22H22FN3O3. The SMILES string of the molecule is CC.Cc1cc2c(cc1-c1ccc(NC(=O)c3ccncc3F)cn1)OCCO2. The zero-order chi connectivity index (χ0) is 20.8. The maximum Gasteiger partial charge on any atom is 0.258 e. The van der Waals surface area contributed by atoms with E-state index in [4.69, 9.17) is 9.47 Å². The van der Waals surface area contributed by atoms with Crippen LogP contribution in [0.15, 0.2) is 48.9 Å². The van der Waals surface area contributed by atoms with Crippen molar-refractivity contribution in [3.05, 3.63) is 65.9 Å². The largest absolute Gasteiger partial charge is 0.486 e.